The monoisotopic (exact) mass is 504 g/mol. The number of fused-ring (bicyclic) bond motifs is 2. The van der Waals surface area contributed by atoms with Gasteiger partial charge >= 0.3 is 17.7 Å². The first kappa shape index (κ1) is 26.0. The number of carbonyl (C=O) groups is 2. The Bertz CT molecular complexity index is 1510. The smallest absolute Gasteiger partial charge is 0.408 e. The molecule has 194 valence electrons. The number of aryl methyl sites for hydroxylation is 2. The Balaban J connectivity index is 1.71. The molecule has 0 aliphatic rings. The highest BCUT2D eigenvalue weighted by molar-refractivity contribution is 5.92. The predicted octanol–water partition coefficient (Wildman–Crippen LogP) is 5.58. The summed E-state index contributed by atoms with van der Waals surface area (Å²) in [7, 11) is 0. The number of esters is 1. The second-order valence-corrected chi connectivity index (χ2v) is 10.2. The number of H-pyrrole nitrogens is 1. The van der Waals surface area contributed by atoms with E-state index in [9.17, 15) is 14.4 Å². The van der Waals surface area contributed by atoms with Gasteiger partial charge in [-0.2, -0.15) is 0 Å². The third-order valence-corrected chi connectivity index (χ3v) is 5.84. The zero-order valence-electron chi connectivity index (χ0n) is 21.8. The van der Waals surface area contributed by atoms with Gasteiger partial charge in [0.1, 0.15) is 23.0 Å². The van der Waals surface area contributed by atoms with Crippen LogP contribution in [-0.4, -0.2) is 28.7 Å². The quantitative estimate of drug-likeness (QED) is 0.193. The van der Waals surface area contributed by atoms with E-state index in [-0.39, 0.29) is 12.2 Å². The molecule has 1 atom stereocenters. The van der Waals surface area contributed by atoms with Crippen LogP contribution in [0.25, 0.3) is 21.9 Å². The Morgan fingerprint density at radius 3 is 2.59 bits per heavy atom. The van der Waals surface area contributed by atoms with Gasteiger partial charge in [0, 0.05) is 29.6 Å². The van der Waals surface area contributed by atoms with E-state index in [1.165, 1.54) is 6.07 Å². The highest BCUT2D eigenvalue weighted by atomic mass is 16.6. The van der Waals surface area contributed by atoms with E-state index in [0.29, 0.717) is 17.4 Å². The van der Waals surface area contributed by atoms with E-state index in [1.54, 1.807) is 32.9 Å². The third-order valence-electron chi connectivity index (χ3n) is 5.84. The maximum Gasteiger partial charge on any atom is 0.408 e. The summed E-state index contributed by atoms with van der Waals surface area (Å²) in [5.41, 5.74) is 2.43. The molecule has 1 amide bonds. The van der Waals surface area contributed by atoms with Crippen LogP contribution in [0.4, 0.5) is 4.79 Å². The number of rotatable bonds is 7. The summed E-state index contributed by atoms with van der Waals surface area (Å²) in [6.07, 6.45) is 2.69. The van der Waals surface area contributed by atoms with Crippen LogP contribution < -0.4 is 15.7 Å². The summed E-state index contributed by atoms with van der Waals surface area (Å²) >= 11 is 0. The number of benzene rings is 2. The summed E-state index contributed by atoms with van der Waals surface area (Å²) in [4.78, 5) is 41.5. The highest BCUT2D eigenvalue weighted by Gasteiger charge is 2.28. The maximum atomic E-state index is 13.6. The first-order valence-corrected chi connectivity index (χ1v) is 12.4. The van der Waals surface area contributed by atoms with Crippen molar-refractivity contribution in [1.29, 1.82) is 0 Å². The van der Waals surface area contributed by atoms with Crippen LogP contribution in [0, 0.1) is 6.92 Å². The number of hydrogen-bond acceptors (Lipinski definition) is 6. The molecule has 37 heavy (non-hydrogen) atoms. The molecule has 0 bridgehead atoms. The number of aromatic nitrogens is 1. The number of amides is 1. The number of carbonyl (C=O) groups excluding carboxylic acids is 2. The van der Waals surface area contributed by atoms with Gasteiger partial charge < -0.3 is 24.2 Å². The normalized spacial score (nSPS) is 12.5. The molecule has 0 spiro atoms. The standard InChI is InChI=1S/C29H32N2O6/c1-6-9-18-15-25(32)35-23-12-17(2)13-24(26(18)23)36-27(33)22(31-28(34)37-29(3,4)5)14-19-16-30-21-11-8-7-10-20(19)21/h7-8,10-13,15-16,22,30H,6,9,14H2,1-5H3,(H,31,34). The Morgan fingerprint density at radius 2 is 1.86 bits per heavy atom. The lowest BCUT2D eigenvalue weighted by molar-refractivity contribution is -0.136. The lowest BCUT2D eigenvalue weighted by Gasteiger charge is -2.23. The molecular weight excluding hydrogens is 472 g/mol. The van der Waals surface area contributed by atoms with E-state index in [2.05, 4.69) is 10.3 Å². The van der Waals surface area contributed by atoms with Crippen molar-refractivity contribution >= 4 is 33.9 Å². The lowest BCUT2D eigenvalue weighted by atomic mass is 10.0. The zero-order valence-corrected chi connectivity index (χ0v) is 21.8. The van der Waals surface area contributed by atoms with Crippen LogP contribution in [0.2, 0.25) is 0 Å². The summed E-state index contributed by atoms with van der Waals surface area (Å²) in [6, 6.07) is 11.6. The molecule has 8 nitrogen and oxygen atoms in total. The molecular formula is C29H32N2O6. The first-order chi connectivity index (χ1) is 17.5. The minimum atomic E-state index is -1.03. The first-order valence-electron chi connectivity index (χ1n) is 12.4. The SMILES string of the molecule is CCCc1cc(=O)oc2cc(C)cc(OC(=O)C(Cc3c[nH]c4ccccc34)NC(=O)OC(C)(C)C)c12. The van der Waals surface area contributed by atoms with Gasteiger partial charge in [-0.05, 0) is 69.0 Å². The van der Waals surface area contributed by atoms with Crippen LogP contribution in [0.1, 0.15) is 50.8 Å². The Morgan fingerprint density at radius 1 is 1.11 bits per heavy atom. The van der Waals surface area contributed by atoms with Crippen LogP contribution in [0.3, 0.4) is 0 Å². The molecule has 2 aromatic carbocycles. The molecule has 0 radical (unpaired) electrons. The van der Waals surface area contributed by atoms with Gasteiger partial charge in [-0.15, -0.1) is 0 Å². The fourth-order valence-electron chi connectivity index (χ4n) is 4.36. The Hall–Kier alpha value is -4.07. The molecule has 2 aromatic heterocycles. The van der Waals surface area contributed by atoms with E-state index in [1.807, 2.05) is 44.3 Å². The summed E-state index contributed by atoms with van der Waals surface area (Å²) < 4.78 is 16.7. The Kier molecular flexibility index (Phi) is 7.38. The number of hydrogen-bond donors (Lipinski definition) is 2. The fourth-order valence-corrected chi connectivity index (χ4v) is 4.36. The van der Waals surface area contributed by atoms with Crippen molar-refractivity contribution in [2.45, 2.75) is 65.5 Å². The second-order valence-electron chi connectivity index (χ2n) is 10.2. The van der Waals surface area contributed by atoms with E-state index >= 15 is 0 Å². The molecule has 2 heterocycles. The molecule has 0 saturated carbocycles. The second kappa shape index (κ2) is 10.5. The average molecular weight is 505 g/mol. The number of para-hydroxylation sites is 1. The van der Waals surface area contributed by atoms with Gasteiger partial charge in [-0.25, -0.2) is 14.4 Å². The molecule has 0 aliphatic heterocycles. The molecule has 8 heteroatoms. The molecule has 4 rings (SSSR count). The summed E-state index contributed by atoms with van der Waals surface area (Å²) in [5, 5.41) is 4.20. The average Bonchev–Trinajstić information content (AvgIpc) is 3.19. The van der Waals surface area contributed by atoms with E-state index < -0.39 is 29.3 Å². The summed E-state index contributed by atoms with van der Waals surface area (Å²) in [6.45, 7) is 9.08. The molecule has 4 aromatic rings. The summed E-state index contributed by atoms with van der Waals surface area (Å²) in [5.74, 6) is -0.376. The molecule has 0 aliphatic carbocycles. The Labute approximate surface area is 215 Å². The van der Waals surface area contributed by atoms with E-state index in [4.69, 9.17) is 13.9 Å². The molecule has 0 fully saturated rings. The molecule has 0 saturated heterocycles. The highest BCUT2D eigenvalue weighted by Crippen LogP contribution is 2.31. The minimum absolute atomic E-state index is 0.183. The van der Waals surface area contributed by atoms with Crippen LogP contribution in [0.15, 0.2) is 57.9 Å². The van der Waals surface area contributed by atoms with Crippen molar-refractivity contribution in [3.63, 3.8) is 0 Å². The zero-order chi connectivity index (χ0) is 26.7. The predicted molar refractivity (Wildman–Crippen MR) is 142 cm³/mol. The van der Waals surface area contributed by atoms with Crippen molar-refractivity contribution in [2.75, 3.05) is 0 Å². The van der Waals surface area contributed by atoms with Gasteiger partial charge in [-0.1, -0.05) is 31.5 Å². The van der Waals surface area contributed by atoms with Gasteiger partial charge in [-0.3, -0.25) is 0 Å². The molecule has 1 unspecified atom stereocenters. The lowest BCUT2D eigenvalue weighted by Crippen LogP contribution is -2.46. The number of ether oxygens (including phenoxy) is 2. The largest absolute Gasteiger partial charge is 0.444 e. The van der Waals surface area contributed by atoms with Gasteiger partial charge in [0.25, 0.3) is 0 Å². The van der Waals surface area contributed by atoms with Crippen molar-refractivity contribution in [2.24, 2.45) is 0 Å². The topological polar surface area (TPSA) is 111 Å². The van der Waals surface area contributed by atoms with Gasteiger partial charge in [0.15, 0.2) is 0 Å². The van der Waals surface area contributed by atoms with Gasteiger partial charge in [0.2, 0.25) is 0 Å². The molecule has 2 N–H and O–H groups in total. The van der Waals surface area contributed by atoms with Crippen molar-refractivity contribution in [3.8, 4) is 5.75 Å². The minimum Gasteiger partial charge on any atom is -0.444 e. The van der Waals surface area contributed by atoms with Crippen molar-refractivity contribution < 1.29 is 23.5 Å². The van der Waals surface area contributed by atoms with Gasteiger partial charge in [0.05, 0.1) is 5.39 Å². The maximum absolute atomic E-state index is 13.6. The van der Waals surface area contributed by atoms with Crippen LogP contribution in [0.5, 0.6) is 5.75 Å². The third kappa shape index (κ3) is 6.20. The van der Waals surface area contributed by atoms with Crippen LogP contribution in [-0.2, 0) is 22.4 Å². The number of nitrogens with one attached hydrogen (secondary N) is 2. The van der Waals surface area contributed by atoms with Crippen molar-refractivity contribution in [3.05, 3.63) is 75.8 Å². The number of aromatic amines is 1. The fraction of sp³-hybridized carbons (Fsp3) is 0.345. The van der Waals surface area contributed by atoms with E-state index in [0.717, 1.165) is 34.0 Å². The van der Waals surface area contributed by atoms with Crippen LogP contribution >= 0.6 is 0 Å². The number of alkyl carbamates (subject to hydrolysis) is 1. The van der Waals surface area contributed by atoms with Crippen molar-refractivity contribution in [1.82, 2.24) is 10.3 Å².